The van der Waals surface area contributed by atoms with Crippen LogP contribution in [0.25, 0.3) is 0 Å². The molecule has 0 aliphatic carbocycles. The van der Waals surface area contributed by atoms with E-state index in [2.05, 4.69) is 0 Å². The molecule has 1 saturated heterocycles. The molecular weight excluding hydrogens is 341 g/mol. The highest BCUT2D eigenvalue weighted by atomic mass is 35.5. The summed E-state index contributed by atoms with van der Waals surface area (Å²) in [5.74, 6) is -1.20. The molecule has 0 aromatic heterocycles. The Morgan fingerprint density at radius 1 is 1.43 bits per heavy atom. The van der Waals surface area contributed by atoms with Gasteiger partial charge in [0, 0.05) is 29.1 Å². The number of carboxylic acids is 1. The zero-order valence-corrected chi connectivity index (χ0v) is 14.3. The number of carboxylic acid groups (broad SMARTS) is 1. The summed E-state index contributed by atoms with van der Waals surface area (Å²) in [6.45, 7) is 2.99. The highest BCUT2D eigenvalue weighted by Crippen LogP contribution is 2.24. The van der Waals surface area contributed by atoms with E-state index in [1.807, 2.05) is 13.0 Å². The fourth-order valence-electron chi connectivity index (χ4n) is 2.65. The largest absolute Gasteiger partial charge is 0.481 e. The first-order valence-electron chi connectivity index (χ1n) is 7.43. The van der Waals surface area contributed by atoms with Gasteiger partial charge in [-0.2, -0.15) is 0 Å². The Morgan fingerprint density at radius 3 is 2.83 bits per heavy atom. The zero-order valence-electron chi connectivity index (χ0n) is 12.8. The molecule has 1 aliphatic heterocycles. The first-order valence-corrected chi connectivity index (χ1v) is 8.18. The number of carbonyl (C=O) groups is 2. The van der Waals surface area contributed by atoms with Crippen molar-refractivity contribution in [1.82, 2.24) is 4.90 Å². The second-order valence-corrected chi connectivity index (χ2v) is 6.56. The maximum Gasteiger partial charge on any atom is 0.306 e. The number of morpholine rings is 1. The number of aliphatic carboxylic acids is 1. The van der Waals surface area contributed by atoms with Gasteiger partial charge < -0.3 is 14.7 Å². The van der Waals surface area contributed by atoms with Crippen LogP contribution >= 0.6 is 23.2 Å². The van der Waals surface area contributed by atoms with E-state index in [0.717, 1.165) is 5.56 Å². The van der Waals surface area contributed by atoms with Gasteiger partial charge in [-0.05, 0) is 24.1 Å². The van der Waals surface area contributed by atoms with Crippen molar-refractivity contribution >= 4 is 35.1 Å². The quantitative estimate of drug-likeness (QED) is 0.877. The summed E-state index contributed by atoms with van der Waals surface area (Å²) in [6.07, 6.45) is -0.0340. The van der Waals surface area contributed by atoms with Crippen LogP contribution in [0.15, 0.2) is 18.2 Å². The Bertz CT molecular complexity index is 593. The molecule has 2 rings (SSSR count). The Labute approximate surface area is 145 Å². The summed E-state index contributed by atoms with van der Waals surface area (Å²) >= 11 is 12.0. The molecule has 1 aliphatic rings. The van der Waals surface area contributed by atoms with Gasteiger partial charge in [0.05, 0.1) is 19.1 Å². The molecule has 7 heteroatoms. The Hall–Kier alpha value is -1.30. The number of nitrogens with zero attached hydrogens (tertiary/aromatic N) is 1. The Balaban J connectivity index is 1.97. The molecule has 1 fully saturated rings. The van der Waals surface area contributed by atoms with Gasteiger partial charge >= 0.3 is 5.97 Å². The smallest absolute Gasteiger partial charge is 0.306 e. The average Bonchev–Trinajstić information content (AvgIpc) is 2.49. The van der Waals surface area contributed by atoms with Crippen molar-refractivity contribution in [2.24, 2.45) is 5.92 Å². The minimum atomic E-state index is -0.926. The number of halogens is 2. The fourth-order valence-corrected chi connectivity index (χ4v) is 3.14. The molecule has 1 aromatic carbocycles. The molecule has 0 bridgehead atoms. The fraction of sp³-hybridized carbons (Fsp3) is 0.500. The molecule has 1 aromatic rings. The topological polar surface area (TPSA) is 66.8 Å². The number of rotatable bonds is 5. The van der Waals surface area contributed by atoms with Crippen molar-refractivity contribution in [3.63, 3.8) is 0 Å². The van der Waals surface area contributed by atoms with Crippen LogP contribution in [0.2, 0.25) is 10.0 Å². The van der Waals surface area contributed by atoms with Crippen LogP contribution in [0.5, 0.6) is 0 Å². The molecule has 126 valence electrons. The minimum absolute atomic E-state index is 0.0188. The van der Waals surface area contributed by atoms with E-state index in [1.165, 1.54) is 0 Å². The summed E-state index contributed by atoms with van der Waals surface area (Å²) in [5, 5.41) is 9.94. The lowest BCUT2D eigenvalue weighted by Crippen LogP contribution is -2.48. The number of hydrogen-bond acceptors (Lipinski definition) is 3. The lowest BCUT2D eigenvalue weighted by molar-refractivity contribution is -0.149. The first-order chi connectivity index (χ1) is 10.9. The average molecular weight is 360 g/mol. The van der Waals surface area contributed by atoms with Gasteiger partial charge in [0.15, 0.2) is 0 Å². The molecule has 2 unspecified atom stereocenters. The Kier molecular flexibility index (Phi) is 6.27. The van der Waals surface area contributed by atoms with E-state index >= 15 is 0 Å². The van der Waals surface area contributed by atoms with Crippen LogP contribution in [-0.2, 0) is 20.7 Å². The van der Waals surface area contributed by atoms with Crippen LogP contribution in [0.3, 0.4) is 0 Å². The molecular formula is C16H19Cl2NO4. The third-order valence-corrected chi connectivity index (χ3v) is 4.40. The SMILES string of the molecule is CC(Cc1ccc(Cl)cc1Cl)C(=O)N1CCOC(CC(=O)O)C1. The van der Waals surface area contributed by atoms with Crippen molar-refractivity contribution in [2.75, 3.05) is 19.7 Å². The van der Waals surface area contributed by atoms with Crippen molar-refractivity contribution in [3.05, 3.63) is 33.8 Å². The Morgan fingerprint density at radius 2 is 2.17 bits per heavy atom. The zero-order chi connectivity index (χ0) is 17.0. The maximum absolute atomic E-state index is 12.6. The molecule has 1 amide bonds. The van der Waals surface area contributed by atoms with E-state index in [1.54, 1.807) is 17.0 Å². The molecule has 23 heavy (non-hydrogen) atoms. The van der Waals surface area contributed by atoms with Gasteiger partial charge in [-0.25, -0.2) is 0 Å². The molecule has 2 atom stereocenters. The van der Waals surface area contributed by atoms with Gasteiger partial charge in [0.2, 0.25) is 5.91 Å². The monoisotopic (exact) mass is 359 g/mol. The van der Waals surface area contributed by atoms with Crippen molar-refractivity contribution < 1.29 is 19.4 Å². The second-order valence-electron chi connectivity index (χ2n) is 5.72. The van der Waals surface area contributed by atoms with Crippen molar-refractivity contribution in [1.29, 1.82) is 0 Å². The highest BCUT2D eigenvalue weighted by Gasteiger charge is 2.28. The molecule has 1 N–H and O–H groups in total. The third kappa shape index (κ3) is 5.09. The lowest BCUT2D eigenvalue weighted by atomic mass is 9.99. The number of hydrogen-bond donors (Lipinski definition) is 1. The van der Waals surface area contributed by atoms with Crippen LogP contribution in [0.4, 0.5) is 0 Å². The van der Waals surface area contributed by atoms with E-state index in [0.29, 0.717) is 36.2 Å². The number of amides is 1. The van der Waals surface area contributed by atoms with E-state index in [9.17, 15) is 9.59 Å². The summed E-state index contributed by atoms with van der Waals surface area (Å²) in [5.41, 5.74) is 0.868. The van der Waals surface area contributed by atoms with Crippen LogP contribution in [0, 0.1) is 5.92 Å². The number of benzene rings is 1. The van der Waals surface area contributed by atoms with Crippen molar-refractivity contribution in [2.45, 2.75) is 25.9 Å². The van der Waals surface area contributed by atoms with Gasteiger partial charge in [-0.15, -0.1) is 0 Å². The van der Waals surface area contributed by atoms with Crippen molar-refractivity contribution in [3.8, 4) is 0 Å². The van der Waals surface area contributed by atoms with Gasteiger partial charge in [-0.3, -0.25) is 9.59 Å². The van der Waals surface area contributed by atoms with Gasteiger partial charge in [0.1, 0.15) is 0 Å². The second kappa shape index (κ2) is 7.99. The maximum atomic E-state index is 12.6. The molecule has 0 saturated carbocycles. The van der Waals surface area contributed by atoms with E-state index < -0.39 is 12.1 Å². The molecule has 0 spiro atoms. The number of ether oxygens (including phenoxy) is 1. The summed E-state index contributed by atoms with van der Waals surface area (Å²) in [7, 11) is 0. The molecule has 5 nitrogen and oxygen atoms in total. The third-order valence-electron chi connectivity index (χ3n) is 3.82. The van der Waals surface area contributed by atoms with Crippen LogP contribution < -0.4 is 0 Å². The van der Waals surface area contributed by atoms with E-state index in [4.69, 9.17) is 33.0 Å². The summed E-state index contributed by atoms with van der Waals surface area (Å²) < 4.78 is 5.39. The summed E-state index contributed by atoms with van der Waals surface area (Å²) in [4.78, 5) is 25.0. The van der Waals surface area contributed by atoms with Gasteiger partial charge in [-0.1, -0.05) is 36.2 Å². The van der Waals surface area contributed by atoms with Crippen LogP contribution in [0.1, 0.15) is 18.9 Å². The van der Waals surface area contributed by atoms with E-state index in [-0.39, 0.29) is 18.2 Å². The first kappa shape index (κ1) is 18.0. The standard InChI is InChI=1S/C16H19Cl2NO4/c1-10(6-11-2-3-12(17)7-14(11)18)16(22)19-4-5-23-13(9-19)8-15(20)21/h2-3,7,10,13H,4-6,8-9H2,1H3,(H,20,21). The highest BCUT2D eigenvalue weighted by molar-refractivity contribution is 6.35. The molecule has 1 heterocycles. The number of carbonyl (C=O) groups excluding carboxylic acids is 1. The van der Waals surface area contributed by atoms with Crippen LogP contribution in [-0.4, -0.2) is 47.7 Å². The normalized spacial score (nSPS) is 19.4. The predicted molar refractivity (Wildman–Crippen MR) is 87.9 cm³/mol. The predicted octanol–water partition coefficient (Wildman–Crippen LogP) is 2.87. The molecule has 0 radical (unpaired) electrons. The summed E-state index contributed by atoms with van der Waals surface area (Å²) in [6, 6.07) is 5.23. The lowest BCUT2D eigenvalue weighted by Gasteiger charge is -2.34. The minimum Gasteiger partial charge on any atom is -0.481 e. The van der Waals surface area contributed by atoms with Gasteiger partial charge in [0.25, 0.3) is 0 Å².